The Morgan fingerprint density at radius 1 is 1.32 bits per heavy atom. The minimum absolute atomic E-state index is 0.0532. The number of amides is 3. The molecule has 0 aromatic carbocycles. The van der Waals surface area contributed by atoms with Gasteiger partial charge in [0.2, 0.25) is 15.9 Å². The zero-order valence-corrected chi connectivity index (χ0v) is 13.9. The Labute approximate surface area is 131 Å². The number of urea groups is 1. The van der Waals surface area contributed by atoms with E-state index >= 15 is 0 Å². The summed E-state index contributed by atoms with van der Waals surface area (Å²) in [4.78, 5) is 27.1. The van der Waals surface area contributed by atoms with Gasteiger partial charge < -0.3 is 15.1 Å². The van der Waals surface area contributed by atoms with Crippen molar-refractivity contribution >= 4 is 22.0 Å². The third kappa shape index (κ3) is 3.89. The molecule has 0 bridgehead atoms. The van der Waals surface area contributed by atoms with Crippen molar-refractivity contribution in [2.24, 2.45) is 0 Å². The number of hydrogen-bond donors (Lipinski definition) is 1. The number of carbonyl (C=O) groups is 2. The van der Waals surface area contributed by atoms with E-state index in [4.69, 9.17) is 0 Å². The van der Waals surface area contributed by atoms with Gasteiger partial charge in [0.1, 0.15) is 6.54 Å². The van der Waals surface area contributed by atoms with Crippen molar-refractivity contribution in [1.29, 1.82) is 0 Å². The van der Waals surface area contributed by atoms with Gasteiger partial charge in [0.15, 0.2) is 0 Å². The van der Waals surface area contributed by atoms with Crippen LogP contribution in [0.5, 0.6) is 0 Å². The fraction of sp³-hybridized carbons (Fsp3) is 0.846. The predicted octanol–water partition coefficient (Wildman–Crippen LogP) is -0.716. The normalized spacial score (nSPS) is 23.9. The molecule has 22 heavy (non-hydrogen) atoms. The molecule has 2 aliphatic heterocycles. The summed E-state index contributed by atoms with van der Waals surface area (Å²) in [6.45, 7) is 4.49. The number of likely N-dealkylation sites (N-methyl/N-ethyl adjacent to an activating group) is 1. The van der Waals surface area contributed by atoms with Crippen molar-refractivity contribution in [3.8, 4) is 0 Å². The van der Waals surface area contributed by atoms with Gasteiger partial charge in [-0.1, -0.05) is 0 Å². The molecular weight excluding hydrogens is 308 g/mol. The Hall–Kier alpha value is -1.35. The zero-order valence-electron chi connectivity index (χ0n) is 13.1. The van der Waals surface area contributed by atoms with Gasteiger partial charge in [0, 0.05) is 38.8 Å². The van der Waals surface area contributed by atoms with Crippen LogP contribution in [0.15, 0.2) is 0 Å². The van der Waals surface area contributed by atoms with Gasteiger partial charge in [0.05, 0.1) is 6.26 Å². The summed E-state index contributed by atoms with van der Waals surface area (Å²) >= 11 is 0. The molecule has 3 amide bonds. The second-order valence-electron chi connectivity index (χ2n) is 5.75. The highest BCUT2D eigenvalue weighted by Crippen LogP contribution is 2.19. The average molecular weight is 332 g/mol. The highest BCUT2D eigenvalue weighted by atomic mass is 32.2. The third-order valence-electron chi connectivity index (χ3n) is 4.23. The molecule has 0 radical (unpaired) electrons. The van der Waals surface area contributed by atoms with E-state index in [-0.39, 0.29) is 31.1 Å². The average Bonchev–Trinajstić information content (AvgIpc) is 2.93. The number of nitrogens with zero attached hydrogens (tertiary/aromatic N) is 3. The van der Waals surface area contributed by atoms with Gasteiger partial charge in [-0.2, -0.15) is 4.31 Å². The lowest BCUT2D eigenvalue weighted by atomic mass is 10.2. The van der Waals surface area contributed by atoms with E-state index in [1.807, 2.05) is 6.92 Å². The molecule has 9 heteroatoms. The van der Waals surface area contributed by atoms with Crippen molar-refractivity contribution < 1.29 is 18.0 Å². The summed E-state index contributed by atoms with van der Waals surface area (Å²) in [5, 5.41) is 2.76. The van der Waals surface area contributed by atoms with Gasteiger partial charge in [-0.3, -0.25) is 4.79 Å². The lowest BCUT2D eigenvalue weighted by molar-refractivity contribution is -0.134. The van der Waals surface area contributed by atoms with Crippen molar-refractivity contribution in [3.05, 3.63) is 0 Å². The second-order valence-corrected chi connectivity index (χ2v) is 7.69. The highest BCUT2D eigenvalue weighted by Gasteiger charge is 2.32. The Kier molecular flexibility index (Phi) is 5.28. The number of nitrogens with one attached hydrogen (secondary N) is 1. The second kappa shape index (κ2) is 6.82. The molecule has 2 fully saturated rings. The minimum Gasteiger partial charge on any atom is -0.340 e. The van der Waals surface area contributed by atoms with E-state index in [0.717, 1.165) is 12.8 Å². The van der Waals surface area contributed by atoms with Crippen LogP contribution in [0, 0.1) is 0 Å². The van der Waals surface area contributed by atoms with Crippen LogP contribution in [-0.4, -0.2) is 86.0 Å². The number of piperazine rings is 1. The Morgan fingerprint density at radius 2 is 2.05 bits per heavy atom. The molecule has 2 rings (SSSR count). The molecule has 8 nitrogen and oxygen atoms in total. The molecule has 0 aromatic rings. The maximum absolute atomic E-state index is 12.1. The van der Waals surface area contributed by atoms with E-state index in [1.165, 1.54) is 15.5 Å². The van der Waals surface area contributed by atoms with Crippen LogP contribution in [0.1, 0.15) is 19.8 Å². The van der Waals surface area contributed by atoms with Gasteiger partial charge >= 0.3 is 6.03 Å². The van der Waals surface area contributed by atoms with Crippen molar-refractivity contribution in [2.45, 2.75) is 25.8 Å². The van der Waals surface area contributed by atoms with Crippen LogP contribution in [0.2, 0.25) is 0 Å². The van der Waals surface area contributed by atoms with E-state index < -0.39 is 10.0 Å². The molecule has 1 N–H and O–H groups in total. The number of rotatable bonds is 4. The molecule has 1 atom stereocenters. The summed E-state index contributed by atoms with van der Waals surface area (Å²) in [5.41, 5.74) is 0. The molecule has 126 valence electrons. The largest absolute Gasteiger partial charge is 0.340 e. The van der Waals surface area contributed by atoms with E-state index in [0.29, 0.717) is 26.2 Å². The summed E-state index contributed by atoms with van der Waals surface area (Å²) < 4.78 is 24.7. The maximum Gasteiger partial charge on any atom is 0.317 e. The summed E-state index contributed by atoms with van der Waals surface area (Å²) in [7, 11) is -3.24. The van der Waals surface area contributed by atoms with Crippen LogP contribution in [-0.2, 0) is 14.8 Å². The SMILES string of the molecule is CCN1CCN(C(=O)NC[C@H]2CCCN2S(C)(=O)=O)CC1=O. The fourth-order valence-corrected chi connectivity index (χ4v) is 4.17. The number of carbonyl (C=O) groups excluding carboxylic acids is 2. The van der Waals surface area contributed by atoms with Crippen LogP contribution in [0.25, 0.3) is 0 Å². The summed E-state index contributed by atoms with van der Waals surface area (Å²) in [5.74, 6) is -0.0532. The third-order valence-corrected chi connectivity index (χ3v) is 5.56. The highest BCUT2D eigenvalue weighted by molar-refractivity contribution is 7.88. The topological polar surface area (TPSA) is 90.0 Å². The maximum atomic E-state index is 12.1. The van der Waals surface area contributed by atoms with Gasteiger partial charge in [-0.05, 0) is 19.8 Å². The molecular formula is C13H24N4O4S. The molecule has 2 heterocycles. The lowest BCUT2D eigenvalue weighted by Gasteiger charge is -2.34. The number of hydrogen-bond acceptors (Lipinski definition) is 4. The quantitative estimate of drug-likeness (QED) is 0.736. The molecule has 0 aromatic heterocycles. The molecule has 2 aliphatic rings. The van der Waals surface area contributed by atoms with Crippen molar-refractivity contribution in [1.82, 2.24) is 19.4 Å². The Morgan fingerprint density at radius 3 is 2.64 bits per heavy atom. The van der Waals surface area contributed by atoms with Crippen molar-refractivity contribution in [2.75, 3.05) is 45.5 Å². The molecule has 2 saturated heterocycles. The van der Waals surface area contributed by atoms with Crippen LogP contribution >= 0.6 is 0 Å². The first-order valence-electron chi connectivity index (χ1n) is 7.60. The first-order chi connectivity index (χ1) is 10.3. The minimum atomic E-state index is -3.24. The molecule has 0 spiro atoms. The standard InChI is InChI=1S/C13H24N4O4S/c1-3-15-7-8-16(10-12(15)18)13(19)14-9-11-5-4-6-17(11)22(2,20)21/h11H,3-10H2,1-2H3,(H,14,19)/t11-/m1/s1. The van der Waals surface area contributed by atoms with Crippen LogP contribution in [0.4, 0.5) is 4.79 Å². The predicted molar refractivity (Wildman–Crippen MR) is 81.8 cm³/mol. The first kappa shape index (κ1) is 17.0. The van der Waals surface area contributed by atoms with Crippen molar-refractivity contribution in [3.63, 3.8) is 0 Å². The van der Waals surface area contributed by atoms with E-state index in [1.54, 1.807) is 4.90 Å². The van der Waals surface area contributed by atoms with Crippen LogP contribution < -0.4 is 5.32 Å². The van der Waals surface area contributed by atoms with Gasteiger partial charge in [-0.15, -0.1) is 0 Å². The smallest absolute Gasteiger partial charge is 0.317 e. The molecule has 0 aliphatic carbocycles. The summed E-state index contributed by atoms with van der Waals surface area (Å²) in [6, 6.07) is -0.490. The van der Waals surface area contributed by atoms with E-state index in [9.17, 15) is 18.0 Å². The first-order valence-corrected chi connectivity index (χ1v) is 9.45. The zero-order chi connectivity index (χ0) is 16.3. The van der Waals surface area contributed by atoms with Gasteiger partial charge in [-0.25, -0.2) is 13.2 Å². The fourth-order valence-electron chi connectivity index (χ4n) is 2.98. The monoisotopic (exact) mass is 332 g/mol. The van der Waals surface area contributed by atoms with Crippen LogP contribution in [0.3, 0.4) is 0 Å². The summed E-state index contributed by atoms with van der Waals surface area (Å²) in [6.07, 6.45) is 2.74. The molecule has 0 saturated carbocycles. The van der Waals surface area contributed by atoms with E-state index in [2.05, 4.69) is 5.32 Å². The lowest BCUT2D eigenvalue weighted by Crippen LogP contribution is -2.55. The Bertz CT molecular complexity index is 536. The molecule has 0 unspecified atom stereocenters. The number of sulfonamides is 1. The Balaban J connectivity index is 1.84. The van der Waals surface area contributed by atoms with Gasteiger partial charge in [0.25, 0.3) is 0 Å².